The number of nitrogens with two attached hydrogens (primary N) is 2. The number of hydrogen-bond donors (Lipinski definition) is 2. The van der Waals surface area contributed by atoms with Gasteiger partial charge < -0.3 is 16.4 Å². The van der Waals surface area contributed by atoms with Crippen LogP contribution in [0.25, 0.3) is 0 Å². The summed E-state index contributed by atoms with van der Waals surface area (Å²) in [6.07, 6.45) is 0.568. The third-order valence-electron chi connectivity index (χ3n) is 6.24. The molecule has 1 atom stereocenters. The number of aryl methyl sites for hydroxylation is 1. The highest BCUT2D eigenvalue weighted by Crippen LogP contribution is 2.30. The number of nitrogens with zero attached hydrogens (tertiary/aromatic N) is 3. The van der Waals surface area contributed by atoms with Gasteiger partial charge in [-0.05, 0) is 50.4 Å². The van der Waals surface area contributed by atoms with E-state index in [4.69, 9.17) is 11.5 Å². The average Bonchev–Trinajstić information content (AvgIpc) is 2.85. The zero-order chi connectivity index (χ0) is 26.4. The van der Waals surface area contributed by atoms with Crippen molar-refractivity contribution >= 4 is 11.8 Å². The van der Waals surface area contributed by atoms with Gasteiger partial charge in [-0.2, -0.15) is 0 Å². The second kappa shape index (κ2) is 11.8. The van der Waals surface area contributed by atoms with Gasteiger partial charge in [0, 0.05) is 17.7 Å². The van der Waals surface area contributed by atoms with Gasteiger partial charge in [-0.25, -0.2) is 4.98 Å². The highest BCUT2D eigenvalue weighted by molar-refractivity contribution is 5.94. The summed E-state index contributed by atoms with van der Waals surface area (Å²) < 4.78 is 1.56. The number of aromatic nitrogens is 2. The molecule has 8 heteroatoms. The van der Waals surface area contributed by atoms with Crippen molar-refractivity contribution in [3.05, 3.63) is 98.7 Å². The molecule has 0 spiro atoms. The Kier molecular flexibility index (Phi) is 8.77. The lowest BCUT2D eigenvalue weighted by atomic mass is 9.98. The van der Waals surface area contributed by atoms with Crippen LogP contribution in [0.15, 0.2) is 59.4 Å². The Hall–Kier alpha value is -3.78. The van der Waals surface area contributed by atoms with Crippen molar-refractivity contribution in [1.29, 1.82) is 0 Å². The lowest BCUT2D eigenvalue weighted by Crippen LogP contribution is -2.43. The Morgan fingerprint density at radius 3 is 2.22 bits per heavy atom. The molecule has 0 aliphatic rings. The summed E-state index contributed by atoms with van der Waals surface area (Å²) in [4.78, 5) is 45.9. The van der Waals surface area contributed by atoms with E-state index in [1.165, 1.54) is 0 Å². The third-order valence-corrected chi connectivity index (χ3v) is 6.24. The first-order valence-electron chi connectivity index (χ1n) is 12.2. The third kappa shape index (κ3) is 5.88. The van der Waals surface area contributed by atoms with Gasteiger partial charge in [0.2, 0.25) is 0 Å². The zero-order valence-corrected chi connectivity index (χ0v) is 21.4. The van der Waals surface area contributed by atoms with Crippen molar-refractivity contribution < 1.29 is 9.59 Å². The molecule has 0 radical (unpaired) electrons. The molecule has 1 aromatic heterocycles. The number of benzene rings is 2. The molecule has 0 saturated carbocycles. The van der Waals surface area contributed by atoms with E-state index in [1.54, 1.807) is 28.5 Å². The maximum Gasteiger partial charge on any atom is 0.267 e. The smallest absolute Gasteiger partial charge is 0.267 e. The molecule has 0 fully saturated rings. The van der Waals surface area contributed by atoms with Crippen LogP contribution in [0, 0.1) is 19.8 Å². The molecule has 2 aromatic carbocycles. The molecule has 2 amide bonds. The molecule has 0 aliphatic heterocycles. The Morgan fingerprint density at radius 1 is 1.03 bits per heavy atom. The number of carbonyl (C=O) groups excluding carboxylic acids is 2. The molecular formula is C28H35N5O3. The predicted octanol–water partition coefficient (Wildman–Crippen LogP) is 3.20. The standard InChI is InChI=1S/C28H35N5O3/c1-18(2)24(32(16-8-15-29)28(36)22-13-11-19(3)12-14-22)26-31-23(25(30)34)20(4)27(35)33(26)17-21-9-6-5-7-10-21/h5-7,9-14,18,24H,8,15-17,29H2,1-4H3,(H2,30,34). The maximum atomic E-state index is 13.8. The van der Waals surface area contributed by atoms with Crippen molar-refractivity contribution in [2.75, 3.05) is 13.1 Å². The van der Waals surface area contributed by atoms with Crippen LogP contribution in [0.2, 0.25) is 0 Å². The summed E-state index contributed by atoms with van der Waals surface area (Å²) >= 11 is 0. The van der Waals surface area contributed by atoms with E-state index >= 15 is 0 Å². The first-order valence-corrected chi connectivity index (χ1v) is 12.2. The maximum absolute atomic E-state index is 13.8. The summed E-state index contributed by atoms with van der Waals surface area (Å²) in [5.41, 5.74) is 13.6. The molecule has 0 bridgehead atoms. The predicted molar refractivity (Wildman–Crippen MR) is 141 cm³/mol. The number of amides is 2. The van der Waals surface area contributed by atoms with Crippen LogP contribution in [-0.4, -0.2) is 39.4 Å². The van der Waals surface area contributed by atoms with Crippen LogP contribution in [0.5, 0.6) is 0 Å². The summed E-state index contributed by atoms with van der Waals surface area (Å²) in [5.74, 6) is -0.771. The lowest BCUT2D eigenvalue weighted by molar-refractivity contribution is 0.0601. The zero-order valence-electron chi connectivity index (χ0n) is 21.4. The number of rotatable bonds is 10. The van der Waals surface area contributed by atoms with E-state index in [0.717, 1.165) is 11.1 Å². The summed E-state index contributed by atoms with van der Waals surface area (Å²) in [6, 6.07) is 16.3. The molecule has 4 N–H and O–H groups in total. The van der Waals surface area contributed by atoms with Crippen LogP contribution in [0.1, 0.15) is 69.7 Å². The van der Waals surface area contributed by atoms with Crippen molar-refractivity contribution in [3.63, 3.8) is 0 Å². The summed E-state index contributed by atoms with van der Waals surface area (Å²) in [5, 5.41) is 0. The van der Waals surface area contributed by atoms with Crippen LogP contribution >= 0.6 is 0 Å². The molecule has 3 rings (SSSR count). The number of carbonyl (C=O) groups is 2. The van der Waals surface area contributed by atoms with Crippen molar-refractivity contribution in [1.82, 2.24) is 14.5 Å². The van der Waals surface area contributed by atoms with Gasteiger partial charge >= 0.3 is 0 Å². The summed E-state index contributed by atoms with van der Waals surface area (Å²) in [7, 11) is 0. The Bertz CT molecular complexity index is 1270. The monoisotopic (exact) mass is 489 g/mol. The minimum Gasteiger partial charge on any atom is -0.364 e. The van der Waals surface area contributed by atoms with Crippen LogP contribution in [0.3, 0.4) is 0 Å². The fraction of sp³-hybridized carbons (Fsp3) is 0.357. The van der Waals surface area contributed by atoms with E-state index in [-0.39, 0.29) is 35.2 Å². The molecule has 190 valence electrons. The Balaban J connectivity index is 2.24. The first-order chi connectivity index (χ1) is 17.1. The number of hydrogen-bond acceptors (Lipinski definition) is 5. The van der Waals surface area contributed by atoms with Crippen molar-refractivity contribution in [3.8, 4) is 0 Å². The van der Waals surface area contributed by atoms with Crippen molar-refractivity contribution in [2.24, 2.45) is 17.4 Å². The molecule has 0 aliphatic carbocycles. The molecule has 1 unspecified atom stereocenters. The van der Waals surface area contributed by atoms with Gasteiger partial charge in [0.1, 0.15) is 11.5 Å². The van der Waals surface area contributed by atoms with E-state index < -0.39 is 11.9 Å². The van der Waals surface area contributed by atoms with E-state index in [1.807, 2.05) is 63.2 Å². The van der Waals surface area contributed by atoms with E-state index in [9.17, 15) is 14.4 Å². The minimum atomic E-state index is -0.779. The largest absolute Gasteiger partial charge is 0.364 e. The first kappa shape index (κ1) is 26.8. The van der Waals surface area contributed by atoms with Gasteiger partial charge in [-0.3, -0.25) is 19.0 Å². The van der Waals surface area contributed by atoms with Crippen LogP contribution in [-0.2, 0) is 6.54 Å². The topological polar surface area (TPSA) is 124 Å². The fourth-order valence-electron chi connectivity index (χ4n) is 4.34. The van der Waals surface area contributed by atoms with Gasteiger partial charge in [0.15, 0.2) is 0 Å². The molecule has 36 heavy (non-hydrogen) atoms. The Labute approximate surface area is 211 Å². The Morgan fingerprint density at radius 2 is 1.67 bits per heavy atom. The SMILES string of the molecule is Cc1ccc(C(=O)N(CCCN)C(c2nc(C(N)=O)c(C)c(=O)n2Cc2ccccc2)C(C)C)cc1. The van der Waals surface area contributed by atoms with Gasteiger partial charge in [0.25, 0.3) is 17.4 Å². The molecule has 8 nitrogen and oxygen atoms in total. The molecule has 3 aromatic rings. The second-order valence-electron chi connectivity index (χ2n) is 9.38. The highest BCUT2D eigenvalue weighted by atomic mass is 16.2. The van der Waals surface area contributed by atoms with E-state index in [2.05, 4.69) is 4.98 Å². The van der Waals surface area contributed by atoms with Crippen molar-refractivity contribution in [2.45, 2.75) is 46.7 Å². The van der Waals surface area contributed by atoms with Gasteiger partial charge in [0.05, 0.1) is 12.6 Å². The van der Waals surface area contributed by atoms with Gasteiger partial charge in [-0.1, -0.05) is 61.9 Å². The fourth-order valence-corrected chi connectivity index (χ4v) is 4.34. The quantitative estimate of drug-likeness (QED) is 0.453. The second-order valence-corrected chi connectivity index (χ2v) is 9.38. The minimum absolute atomic E-state index is 0.0773. The molecular weight excluding hydrogens is 454 g/mol. The molecule has 0 saturated heterocycles. The highest BCUT2D eigenvalue weighted by Gasteiger charge is 2.33. The normalized spacial score (nSPS) is 11.9. The van der Waals surface area contributed by atoms with Gasteiger partial charge in [-0.15, -0.1) is 0 Å². The summed E-state index contributed by atoms with van der Waals surface area (Å²) in [6.45, 7) is 8.45. The van der Waals surface area contributed by atoms with E-state index in [0.29, 0.717) is 30.9 Å². The van der Waals surface area contributed by atoms with Crippen LogP contribution in [0.4, 0.5) is 0 Å². The van der Waals surface area contributed by atoms with Crippen LogP contribution < -0.4 is 17.0 Å². The molecule has 1 heterocycles. The number of primary amides is 1. The average molecular weight is 490 g/mol. The lowest BCUT2D eigenvalue weighted by Gasteiger charge is -2.35.